The van der Waals surface area contributed by atoms with E-state index in [9.17, 15) is 4.79 Å². The van der Waals surface area contributed by atoms with E-state index in [2.05, 4.69) is 15.6 Å². The zero-order valence-corrected chi connectivity index (χ0v) is 17.9. The first-order chi connectivity index (χ1) is 14.0. The molecular weight excluding hydrogens is 433 g/mol. The molecule has 152 valence electrons. The standard InChI is InChI=1S/C19H19Cl2N5O2S/c1-28-18(27)15-10-26(6-5-22-15)19-24-14-4-7-29-16(14)17(25-19)23-9-11-2-3-12(20)8-13(11)21/h2-4,7-8,15,22H,5-6,9-10H2,1H3,(H,23,24,25)/t15-/m1/s1. The van der Waals surface area contributed by atoms with Crippen LogP contribution >= 0.6 is 34.5 Å². The van der Waals surface area contributed by atoms with Gasteiger partial charge in [-0.05, 0) is 29.1 Å². The van der Waals surface area contributed by atoms with Crippen LogP contribution in [0.3, 0.4) is 0 Å². The van der Waals surface area contributed by atoms with E-state index in [0.29, 0.717) is 42.2 Å². The van der Waals surface area contributed by atoms with Gasteiger partial charge in [-0.1, -0.05) is 29.3 Å². The largest absolute Gasteiger partial charge is 0.468 e. The Kier molecular flexibility index (Phi) is 6.05. The fraction of sp³-hybridized carbons (Fsp3) is 0.316. The monoisotopic (exact) mass is 451 g/mol. The molecule has 0 saturated carbocycles. The number of piperazine rings is 1. The summed E-state index contributed by atoms with van der Waals surface area (Å²) in [4.78, 5) is 23.3. The lowest BCUT2D eigenvalue weighted by Gasteiger charge is -2.32. The molecule has 0 aliphatic carbocycles. The van der Waals surface area contributed by atoms with Crippen molar-refractivity contribution in [1.82, 2.24) is 15.3 Å². The van der Waals surface area contributed by atoms with Crippen molar-refractivity contribution in [3.63, 3.8) is 0 Å². The Balaban J connectivity index is 1.59. The number of fused-ring (bicyclic) bond motifs is 1. The predicted octanol–water partition coefficient (Wildman–Crippen LogP) is 3.56. The first-order valence-electron chi connectivity index (χ1n) is 9.04. The lowest BCUT2D eigenvalue weighted by Crippen LogP contribution is -2.55. The summed E-state index contributed by atoms with van der Waals surface area (Å²) in [6.07, 6.45) is 0. The van der Waals surface area contributed by atoms with Gasteiger partial charge >= 0.3 is 5.97 Å². The minimum Gasteiger partial charge on any atom is -0.468 e. The average Bonchev–Trinajstić information content (AvgIpc) is 3.21. The van der Waals surface area contributed by atoms with Crippen LogP contribution in [0.4, 0.5) is 11.8 Å². The number of methoxy groups -OCH3 is 1. The zero-order valence-electron chi connectivity index (χ0n) is 15.6. The van der Waals surface area contributed by atoms with Crippen LogP contribution in [0.5, 0.6) is 0 Å². The molecule has 1 aliphatic rings. The Morgan fingerprint density at radius 1 is 1.38 bits per heavy atom. The second kappa shape index (κ2) is 8.71. The molecule has 0 bridgehead atoms. The van der Waals surface area contributed by atoms with Gasteiger partial charge < -0.3 is 20.3 Å². The van der Waals surface area contributed by atoms with Gasteiger partial charge in [0, 0.05) is 36.2 Å². The predicted molar refractivity (Wildman–Crippen MR) is 117 cm³/mol. The molecule has 1 saturated heterocycles. The van der Waals surface area contributed by atoms with E-state index in [-0.39, 0.29) is 5.97 Å². The van der Waals surface area contributed by atoms with E-state index < -0.39 is 6.04 Å². The first kappa shape index (κ1) is 20.2. The number of nitrogens with one attached hydrogen (secondary N) is 2. The Morgan fingerprint density at radius 2 is 2.24 bits per heavy atom. The number of esters is 1. The van der Waals surface area contributed by atoms with Gasteiger partial charge in [0.05, 0.1) is 17.3 Å². The van der Waals surface area contributed by atoms with Gasteiger partial charge in [0.15, 0.2) is 0 Å². The van der Waals surface area contributed by atoms with E-state index in [1.54, 1.807) is 17.4 Å². The molecule has 7 nitrogen and oxygen atoms in total. The quantitative estimate of drug-likeness (QED) is 0.573. The van der Waals surface area contributed by atoms with Gasteiger partial charge in [-0.2, -0.15) is 4.98 Å². The van der Waals surface area contributed by atoms with E-state index in [0.717, 1.165) is 21.6 Å². The molecule has 2 aromatic heterocycles. The van der Waals surface area contributed by atoms with Crippen LogP contribution in [0.1, 0.15) is 5.56 Å². The van der Waals surface area contributed by atoms with Gasteiger partial charge in [0.25, 0.3) is 0 Å². The molecule has 1 aliphatic heterocycles. The van der Waals surface area contributed by atoms with Crippen LogP contribution in [0.2, 0.25) is 10.0 Å². The fourth-order valence-electron chi connectivity index (χ4n) is 3.19. The molecule has 10 heteroatoms. The van der Waals surface area contributed by atoms with Crippen molar-refractivity contribution in [3.8, 4) is 0 Å². The molecular formula is C19H19Cl2N5O2S. The third kappa shape index (κ3) is 4.40. The number of anilines is 2. The molecule has 0 radical (unpaired) electrons. The SMILES string of the molecule is COC(=O)[C@H]1CN(c2nc(NCc3ccc(Cl)cc3Cl)c3sccc3n2)CCN1. The van der Waals surface area contributed by atoms with Crippen LogP contribution in [-0.4, -0.2) is 48.7 Å². The second-order valence-corrected chi connectivity index (χ2v) is 8.33. The normalized spacial score (nSPS) is 16.8. The minimum absolute atomic E-state index is 0.290. The summed E-state index contributed by atoms with van der Waals surface area (Å²) in [7, 11) is 1.39. The summed E-state index contributed by atoms with van der Waals surface area (Å²) in [5.41, 5.74) is 1.78. The number of benzene rings is 1. The Labute approximate surface area is 182 Å². The van der Waals surface area contributed by atoms with Crippen molar-refractivity contribution in [1.29, 1.82) is 0 Å². The topological polar surface area (TPSA) is 79.4 Å². The third-order valence-corrected chi connectivity index (χ3v) is 6.19. The molecule has 3 heterocycles. The Morgan fingerprint density at radius 3 is 3.03 bits per heavy atom. The van der Waals surface area contributed by atoms with Crippen molar-refractivity contribution in [2.45, 2.75) is 12.6 Å². The van der Waals surface area contributed by atoms with Crippen LogP contribution in [0, 0.1) is 0 Å². The number of rotatable bonds is 5. The van der Waals surface area contributed by atoms with Crippen molar-refractivity contribution in [2.24, 2.45) is 0 Å². The maximum Gasteiger partial charge on any atom is 0.324 e. The second-order valence-electron chi connectivity index (χ2n) is 6.57. The maximum absolute atomic E-state index is 11.9. The average molecular weight is 452 g/mol. The third-order valence-electron chi connectivity index (χ3n) is 4.70. The highest BCUT2D eigenvalue weighted by Crippen LogP contribution is 2.30. The smallest absolute Gasteiger partial charge is 0.324 e. The van der Waals surface area contributed by atoms with Crippen LogP contribution in [0.25, 0.3) is 10.2 Å². The van der Waals surface area contributed by atoms with Gasteiger partial charge in [-0.3, -0.25) is 4.79 Å². The number of halogens is 2. The number of nitrogens with zero attached hydrogens (tertiary/aromatic N) is 3. The summed E-state index contributed by atoms with van der Waals surface area (Å²) in [6, 6.07) is 6.98. The van der Waals surface area contributed by atoms with Gasteiger partial charge in [0.1, 0.15) is 11.9 Å². The van der Waals surface area contributed by atoms with E-state index in [1.807, 2.05) is 28.5 Å². The summed E-state index contributed by atoms with van der Waals surface area (Å²) in [5, 5.41) is 9.72. The van der Waals surface area contributed by atoms with E-state index in [4.69, 9.17) is 32.9 Å². The molecule has 2 N–H and O–H groups in total. The van der Waals surface area contributed by atoms with Gasteiger partial charge in [-0.15, -0.1) is 11.3 Å². The van der Waals surface area contributed by atoms with Crippen molar-refractivity contribution in [2.75, 3.05) is 37.0 Å². The minimum atomic E-state index is -0.403. The highest BCUT2D eigenvalue weighted by Gasteiger charge is 2.28. The lowest BCUT2D eigenvalue weighted by atomic mass is 10.2. The molecule has 0 spiro atoms. The molecule has 0 amide bonds. The van der Waals surface area contributed by atoms with Crippen LogP contribution in [-0.2, 0) is 16.1 Å². The first-order valence-corrected chi connectivity index (χ1v) is 10.7. The number of carbonyl (C=O) groups is 1. The maximum atomic E-state index is 11.9. The molecule has 1 atom stereocenters. The Hall–Kier alpha value is -2.13. The van der Waals surface area contributed by atoms with Crippen molar-refractivity contribution >= 4 is 62.5 Å². The zero-order chi connectivity index (χ0) is 20.4. The molecule has 4 rings (SSSR count). The van der Waals surface area contributed by atoms with Gasteiger partial charge in [-0.25, -0.2) is 4.98 Å². The van der Waals surface area contributed by atoms with Gasteiger partial charge in [0.2, 0.25) is 5.95 Å². The van der Waals surface area contributed by atoms with Crippen molar-refractivity contribution in [3.05, 3.63) is 45.3 Å². The molecule has 1 fully saturated rings. The summed E-state index contributed by atoms with van der Waals surface area (Å²) < 4.78 is 5.83. The van der Waals surface area contributed by atoms with E-state index in [1.165, 1.54) is 7.11 Å². The number of hydrogen-bond acceptors (Lipinski definition) is 8. The molecule has 1 aromatic carbocycles. The van der Waals surface area contributed by atoms with Crippen molar-refractivity contribution < 1.29 is 9.53 Å². The molecule has 0 unspecified atom stereocenters. The lowest BCUT2D eigenvalue weighted by molar-refractivity contribution is -0.143. The molecule has 3 aromatic rings. The number of hydrogen-bond donors (Lipinski definition) is 2. The summed E-state index contributed by atoms with van der Waals surface area (Å²) in [5.74, 6) is 1.03. The highest BCUT2D eigenvalue weighted by atomic mass is 35.5. The fourth-order valence-corrected chi connectivity index (χ4v) is 4.46. The number of aromatic nitrogens is 2. The van der Waals surface area contributed by atoms with Crippen LogP contribution in [0.15, 0.2) is 29.6 Å². The van der Waals surface area contributed by atoms with E-state index >= 15 is 0 Å². The Bertz CT molecular complexity index is 1040. The number of carbonyl (C=O) groups excluding carboxylic acids is 1. The molecule has 29 heavy (non-hydrogen) atoms. The number of thiophene rings is 1. The number of ether oxygens (including phenoxy) is 1. The van der Waals surface area contributed by atoms with Crippen LogP contribution < -0.4 is 15.5 Å². The summed E-state index contributed by atoms with van der Waals surface area (Å²) >= 11 is 13.8. The summed E-state index contributed by atoms with van der Waals surface area (Å²) in [6.45, 7) is 2.30. The highest BCUT2D eigenvalue weighted by molar-refractivity contribution is 7.17.